The first-order valence-electron chi connectivity index (χ1n) is 7.04. The molecule has 3 rings (SSSR count). The van der Waals surface area contributed by atoms with Crippen LogP contribution < -0.4 is 0 Å². The molecule has 100 valence electrons. The molecule has 1 aromatic carbocycles. The van der Waals surface area contributed by atoms with E-state index >= 15 is 0 Å². The summed E-state index contributed by atoms with van der Waals surface area (Å²) < 4.78 is 0. The Kier molecular flexibility index (Phi) is 3.46. The Balaban J connectivity index is 2.01. The zero-order valence-electron chi connectivity index (χ0n) is 11.3. The van der Waals surface area contributed by atoms with Gasteiger partial charge < -0.3 is 5.11 Å². The van der Waals surface area contributed by atoms with Crippen molar-refractivity contribution in [3.63, 3.8) is 0 Å². The van der Waals surface area contributed by atoms with Crippen LogP contribution in [0.4, 0.5) is 0 Å². The van der Waals surface area contributed by atoms with E-state index in [-0.39, 0.29) is 5.92 Å². The van der Waals surface area contributed by atoms with Gasteiger partial charge in [-0.2, -0.15) is 0 Å². The quantitative estimate of drug-likeness (QED) is 0.847. The minimum absolute atomic E-state index is 0.237. The lowest BCUT2D eigenvalue weighted by Crippen LogP contribution is -2.35. The van der Waals surface area contributed by atoms with Gasteiger partial charge in [-0.05, 0) is 37.5 Å². The molecular formula is C17H20OS. The van der Waals surface area contributed by atoms with E-state index in [2.05, 4.69) is 43.3 Å². The molecule has 2 atom stereocenters. The molecule has 0 spiro atoms. The second kappa shape index (κ2) is 5.10. The van der Waals surface area contributed by atoms with Gasteiger partial charge in [0.25, 0.3) is 0 Å². The molecule has 1 N–H and O–H groups in total. The molecular weight excluding hydrogens is 252 g/mol. The van der Waals surface area contributed by atoms with E-state index in [9.17, 15) is 5.11 Å². The van der Waals surface area contributed by atoms with Crippen LogP contribution in [0.15, 0.2) is 42.5 Å². The SMILES string of the molecule is Cc1ccc(C2(O)CCCCC2c2ccccc2)s1. The van der Waals surface area contributed by atoms with Gasteiger partial charge in [0.05, 0.1) is 0 Å². The maximum absolute atomic E-state index is 11.3. The van der Waals surface area contributed by atoms with Crippen LogP contribution in [0.1, 0.15) is 46.9 Å². The molecule has 0 amide bonds. The van der Waals surface area contributed by atoms with Gasteiger partial charge in [0.15, 0.2) is 0 Å². The first-order valence-corrected chi connectivity index (χ1v) is 7.86. The lowest BCUT2D eigenvalue weighted by atomic mass is 9.71. The van der Waals surface area contributed by atoms with Gasteiger partial charge in [-0.25, -0.2) is 0 Å². The summed E-state index contributed by atoms with van der Waals surface area (Å²) in [5.74, 6) is 0.237. The molecule has 1 aliphatic carbocycles. The lowest BCUT2D eigenvalue weighted by molar-refractivity contribution is -0.0191. The van der Waals surface area contributed by atoms with Crippen LogP contribution in [0.2, 0.25) is 0 Å². The van der Waals surface area contributed by atoms with Crippen LogP contribution in [0.25, 0.3) is 0 Å². The van der Waals surface area contributed by atoms with Crippen molar-refractivity contribution < 1.29 is 5.11 Å². The molecule has 1 nitrogen and oxygen atoms in total. The number of aryl methyl sites for hydroxylation is 1. The fourth-order valence-corrected chi connectivity index (χ4v) is 4.29. The molecule has 1 saturated carbocycles. The summed E-state index contributed by atoms with van der Waals surface area (Å²) in [6, 6.07) is 14.7. The molecule has 0 saturated heterocycles. The average Bonchev–Trinajstić information content (AvgIpc) is 2.88. The molecule has 1 aromatic heterocycles. The number of rotatable bonds is 2. The van der Waals surface area contributed by atoms with Crippen molar-refractivity contribution in [1.82, 2.24) is 0 Å². The molecule has 2 heteroatoms. The zero-order valence-corrected chi connectivity index (χ0v) is 12.1. The van der Waals surface area contributed by atoms with Crippen molar-refractivity contribution in [1.29, 1.82) is 0 Å². The minimum atomic E-state index is -0.668. The summed E-state index contributed by atoms with van der Waals surface area (Å²) in [5, 5.41) is 11.3. The van der Waals surface area contributed by atoms with Crippen LogP contribution in [0, 0.1) is 6.92 Å². The number of hydrogen-bond donors (Lipinski definition) is 1. The van der Waals surface area contributed by atoms with E-state index in [1.807, 2.05) is 6.07 Å². The van der Waals surface area contributed by atoms with E-state index in [1.54, 1.807) is 11.3 Å². The fraction of sp³-hybridized carbons (Fsp3) is 0.412. The summed E-state index contributed by atoms with van der Waals surface area (Å²) in [6.07, 6.45) is 4.30. The molecule has 1 aliphatic rings. The molecule has 1 heterocycles. The molecule has 0 aliphatic heterocycles. The maximum atomic E-state index is 11.3. The highest BCUT2D eigenvalue weighted by Gasteiger charge is 2.42. The Labute approximate surface area is 118 Å². The van der Waals surface area contributed by atoms with Crippen LogP contribution in [-0.4, -0.2) is 5.11 Å². The third-order valence-corrected chi connectivity index (χ3v) is 5.41. The predicted molar refractivity (Wildman–Crippen MR) is 80.6 cm³/mol. The van der Waals surface area contributed by atoms with Crippen LogP contribution in [0.5, 0.6) is 0 Å². The minimum Gasteiger partial charge on any atom is -0.384 e. The van der Waals surface area contributed by atoms with Crippen molar-refractivity contribution in [2.75, 3.05) is 0 Å². The van der Waals surface area contributed by atoms with Gasteiger partial charge >= 0.3 is 0 Å². The van der Waals surface area contributed by atoms with Crippen molar-refractivity contribution in [2.45, 2.75) is 44.1 Å². The van der Waals surface area contributed by atoms with Crippen molar-refractivity contribution in [3.8, 4) is 0 Å². The lowest BCUT2D eigenvalue weighted by Gasteiger charge is -2.39. The monoisotopic (exact) mass is 272 g/mol. The van der Waals surface area contributed by atoms with Crippen molar-refractivity contribution in [2.24, 2.45) is 0 Å². The van der Waals surface area contributed by atoms with Gasteiger partial charge in [0.1, 0.15) is 5.60 Å². The fourth-order valence-electron chi connectivity index (χ4n) is 3.25. The normalized spacial score (nSPS) is 27.4. The highest BCUT2D eigenvalue weighted by Crippen LogP contribution is 2.49. The summed E-state index contributed by atoms with van der Waals surface area (Å²) in [4.78, 5) is 2.42. The van der Waals surface area contributed by atoms with Gasteiger partial charge in [-0.15, -0.1) is 11.3 Å². The molecule has 19 heavy (non-hydrogen) atoms. The first-order chi connectivity index (χ1) is 9.20. The molecule has 0 radical (unpaired) electrons. The topological polar surface area (TPSA) is 20.2 Å². The Morgan fingerprint density at radius 1 is 1.11 bits per heavy atom. The van der Waals surface area contributed by atoms with E-state index in [4.69, 9.17) is 0 Å². The summed E-state index contributed by atoms with van der Waals surface area (Å²) >= 11 is 1.74. The van der Waals surface area contributed by atoms with Gasteiger partial charge in [0.2, 0.25) is 0 Å². The van der Waals surface area contributed by atoms with Crippen LogP contribution >= 0.6 is 11.3 Å². The van der Waals surface area contributed by atoms with Crippen molar-refractivity contribution in [3.05, 3.63) is 57.8 Å². The molecule has 2 aromatic rings. The number of benzene rings is 1. The zero-order chi connectivity index (χ0) is 13.3. The number of thiophene rings is 1. The second-order valence-corrected chi connectivity index (χ2v) is 6.83. The van der Waals surface area contributed by atoms with E-state index < -0.39 is 5.60 Å². The van der Waals surface area contributed by atoms with Crippen LogP contribution in [0.3, 0.4) is 0 Å². The largest absolute Gasteiger partial charge is 0.384 e. The molecule has 1 fully saturated rings. The Hall–Kier alpha value is -1.12. The van der Waals surface area contributed by atoms with E-state index in [0.717, 1.165) is 24.1 Å². The Morgan fingerprint density at radius 2 is 1.89 bits per heavy atom. The van der Waals surface area contributed by atoms with Gasteiger partial charge in [0, 0.05) is 15.7 Å². The summed E-state index contributed by atoms with van der Waals surface area (Å²) in [5.41, 5.74) is 0.606. The van der Waals surface area contributed by atoms with E-state index in [1.165, 1.54) is 16.9 Å². The first kappa shape index (κ1) is 12.9. The molecule has 2 unspecified atom stereocenters. The van der Waals surface area contributed by atoms with Gasteiger partial charge in [-0.1, -0.05) is 43.2 Å². The number of hydrogen-bond acceptors (Lipinski definition) is 2. The average molecular weight is 272 g/mol. The highest BCUT2D eigenvalue weighted by atomic mass is 32.1. The standard InChI is InChI=1S/C17H20OS/c1-13-10-11-16(19-13)17(18)12-6-5-9-15(17)14-7-3-2-4-8-14/h2-4,7-8,10-11,15,18H,5-6,9,12H2,1H3. The molecule has 0 bridgehead atoms. The predicted octanol–water partition coefficient (Wildman–Crippen LogP) is 4.60. The summed E-state index contributed by atoms with van der Waals surface area (Å²) in [6.45, 7) is 2.11. The maximum Gasteiger partial charge on any atom is 0.106 e. The van der Waals surface area contributed by atoms with E-state index in [0.29, 0.717) is 0 Å². The second-order valence-electron chi connectivity index (χ2n) is 5.54. The van der Waals surface area contributed by atoms with Gasteiger partial charge in [-0.3, -0.25) is 0 Å². The smallest absolute Gasteiger partial charge is 0.106 e. The Morgan fingerprint density at radius 3 is 2.58 bits per heavy atom. The van der Waals surface area contributed by atoms with Crippen molar-refractivity contribution >= 4 is 11.3 Å². The summed E-state index contributed by atoms with van der Waals surface area (Å²) in [7, 11) is 0. The third-order valence-electron chi connectivity index (χ3n) is 4.25. The Bertz CT molecular complexity index is 545. The highest BCUT2D eigenvalue weighted by molar-refractivity contribution is 7.12. The number of aliphatic hydroxyl groups is 1. The third kappa shape index (κ3) is 2.35. The van der Waals surface area contributed by atoms with Crippen LogP contribution in [-0.2, 0) is 5.60 Å².